The summed E-state index contributed by atoms with van der Waals surface area (Å²) >= 11 is 12.6. The van der Waals surface area contributed by atoms with Crippen molar-refractivity contribution in [1.82, 2.24) is 19.4 Å². The molecule has 0 amide bonds. The predicted molar refractivity (Wildman–Crippen MR) is 60.4 cm³/mol. The molecular weight excluding hydrogens is 227 g/mol. The van der Waals surface area contributed by atoms with E-state index < -0.39 is 7.02 Å². The van der Waals surface area contributed by atoms with Crippen LogP contribution in [0.1, 0.15) is 0 Å². The third-order valence-electron chi connectivity index (χ3n) is 1.98. The number of nitrogens with zero attached hydrogens (tertiary/aromatic N) is 4. The van der Waals surface area contributed by atoms with Crippen LogP contribution in [0.2, 0.25) is 0 Å². The Morgan fingerprint density at radius 1 is 0.692 bits per heavy atom. The zero-order chi connectivity index (χ0) is 10.8. The zero-order valence-electron chi connectivity index (χ0n) is 9.04. The van der Waals surface area contributed by atoms with Crippen LogP contribution in [0.25, 0.3) is 0 Å². The fourth-order valence-corrected chi connectivity index (χ4v) is 3.89. The maximum absolute atomic E-state index is 6.30. The maximum Gasteiger partial charge on any atom is 0.436 e. The third-order valence-corrected chi connectivity index (χ3v) is 7.27. The standard InChI is InChI=1S/C6H18Cl2N4Si/c1-9(2)11(5)13(7,8)12(6)10(3)4/h1-6H3. The lowest BCUT2D eigenvalue weighted by Crippen LogP contribution is -2.62. The third kappa shape index (κ3) is 3.36. The van der Waals surface area contributed by atoms with Gasteiger partial charge in [0, 0.05) is 28.2 Å². The lowest BCUT2D eigenvalue weighted by molar-refractivity contribution is 0.0892. The summed E-state index contributed by atoms with van der Waals surface area (Å²) in [6.45, 7) is 0. The molecule has 0 rings (SSSR count). The largest absolute Gasteiger partial charge is 0.436 e. The second-order valence-corrected chi connectivity index (χ2v) is 9.31. The molecule has 0 saturated carbocycles. The Morgan fingerprint density at radius 2 is 0.923 bits per heavy atom. The van der Waals surface area contributed by atoms with Crippen molar-refractivity contribution in [3.8, 4) is 0 Å². The first kappa shape index (κ1) is 13.6. The van der Waals surface area contributed by atoms with Crippen LogP contribution < -0.4 is 0 Å². The van der Waals surface area contributed by atoms with Crippen LogP contribution in [-0.2, 0) is 0 Å². The molecule has 0 spiro atoms. The molecule has 0 saturated heterocycles. The van der Waals surface area contributed by atoms with Gasteiger partial charge in [0.25, 0.3) is 0 Å². The lowest BCUT2D eigenvalue weighted by atomic mass is 11.1. The van der Waals surface area contributed by atoms with Crippen LogP contribution in [0.15, 0.2) is 0 Å². The highest BCUT2D eigenvalue weighted by Crippen LogP contribution is 2.23. The van der Waals surface area contributed by atoms with Crippen molar-refractivity contribution in [1.29, 1.82) is 0 Å². The van der Waals surface area contributed by atoms with Crippen molar-refractivity contribution in [2.45, 2.75) is 0 Å². The molecule has 4 nitrogen and oxygen atoms in total. The SMILES string of the molecule is CN(C)N(C)[Si](Cl)(Cl)N(C)N(C)C. The molecule has 0 aliphatic carbocycles. The second-order valence-electron chi connectivity index (χ2n) is 3.25. The van der Waals surface area contributed by atoms with Crippen LogP contribution in [0.3, 0.4) is 0 Å². The molecule has 0 fully saturated rings. The minimum absolute atomic E-state index is 1.86. The van der Waals surface area contributed by atoms with E-state index in [1.54, 1.807) is 0 Å². The Hall–Kier alpha value is 0.637. The molecule has 0 heterocycles. The van der Waals surface area contributed by atoms with Gasteiger partial charge in [0.15, 0.2) is 0 Å². The van der Waals surface area contributed by atoms with Gasteiger partial charge < -0.3 is 0 Å². The topological polar surface area (TPSA) is 13.0 Å². The van der Waals surface area contributed by atoms with Gasteiger partial charge in [-0.05, 0) is 14.1 Å². The Morgan fingerprint density at radius 3 is 1.08 bits per heavy atom. The van der Waals surface area contributed by atoms with E-state index in [1.165, 1.54) is 0 Å². The average molecular weight is 245 g/mol. The zero-order valence-corrected chi connectivity index (χ0v) is 11.6. The molecule has 13 heavy (non-hydrogen) atoms. The maximum atomic E-state index is 6.30. The number of hydrogen-bond donors (Lipinski definition) is 0. The van der Waals surface area contributed by atoms with Gasteiger partial charge in [-0.2, -0.15) is 0 Å². The van der Waals surface area contributed by atoms with Gasteiger partial charge in [-0.15, -0.1) is 22.2 Å². The normalized spacial score (nSPS) is 13.8. The summed E-state index contributed by atoms with van der Waals surface area (Å²) in [6.07, 6.45) is 0. The molecule has 0 aromatic rings. The van der Waals surface area contributed by atoms with Crippen molar-refractivity contribution in [3.05, 3.63) is 0 Å². The van der Waals surface area contributed by atoms with Crippen molar-refractivity contribution >= 4 is 29.2 Å². The number of halogens is 2. The number of rotatable bonds is 4. The highest BCUT2D eigenvalue weighted by Gasteiger charge is 2.42. The summed E-state index contributed by atoms with van der Waals surface area (Å²) in [5.41, 5.74) is 0. The Kier molecular flexibility index (Phi) is 5.17. The number of hydrazine groups is 2. The molecule has 0 bridgehead atoms. The van der Waals surface area contributed by atoms with Gasteiger partial charge in [0.05, 0.1) is 0 Å². The molecule has 0 unspecified atom stereocenters. The van der Waals surface area contributed by atoms with Gasteiger partial charge in [-0.25, -0.2) is 9.35 Å². The van der Waals surface area contributed by atoms with Crippen molar-refractivity contribution in [2.75, 3.05) is 42.3 Å². The molecule has 0 aliphatic heterocycles. The minimum Gasteiger partial charge on any atom is -0.252 e. The van der Waals surface area contributed by atoms with E-state index in [-0.39, 0.29) is 0 Å². The summed E-state index contributed by atoms with van der Waals surface area (Å²) in [4.78, 5) is 0. The van der Waals surface area contributed by atoms with Crippen molar-refractivity contribution in [3.63, 3.8) is 0 Å². The first-order valence-corrected chi connectivity index (χ1v) is 7.83. The molecule has 0 atom stereocenters. The van der Waals surface area contributed by atoms with Crippen molar-refractivity contribution in [2.24, 2.45) is 0 Å². The molecule has 7 heteroatoms. The summed E-state index contributed by atoms with van der Waals surface area (Å²) in [5.74, 6) is 0. The van der Waals surface area contributed by atoms with Crippen LogP contribution in [-0.4, -0.2) is 68.7 Å². The Labute approximate surface area is 91.1 Å². The monoisotopic (exact) mass is 244 g/mol. The number of hydrogen-bond acceptors (Lipinski definition) is 4. The van der Waals surface area contributed by atoms with E-state index in [0.29, 0.717) is 0 Å². The van der Waals surface area contributed by atoms with Crippen LogP contribution >= 0.6 is 22.2 Å². The molecule has 0 aromatic heterocycles. The van der Waals surface area contributed by atoms with E-state index >= 15 is 0 Å². The predicted octanol–water partition coefficient (Wildman–Crippen LogP) is 0.716. The highest BCUT2D eigenvalue weighted by molar-refractivity contribution is 7.42. The first-order chi connectivity index (χ1) is 5.71. The van der Waals surface area contributed by atoms with Gasteiger partial charge in [0.1, 0.15) is 0 Å². The second kappa shape index (κ2) is 4.93. The summed E-state index contributed by atoms with van der Waals surface area (Å²) < 4.78 is 3.71. The van der Waals surface area contributed by atoms with E-state index in [4.69, 9.17) is 22.2 Å². The van der Waals surface area contributed by atoms with Crippen LogP contribution in [0.4, 0.5) is 0 Å². The smallest absolute Gasteiger partial charge is 0.252 e. The van der Waals surface area contributed by atoms with E-state index in [9.17, 15) is 0 Å². The molecule has 0 N–H and O–H groups in total. The molecule has 0 radical (unpaired) electrons. The Bertz CT molecular complexity index is 149. The van der Waals surface area contributed by atoms with E-state index in [0.717, 1.165) is 0 Å². The lowest BCUT2D eigenvalue weighted by Gasteiger charge is -2.41. The van der Waals surface area contributed by atoms with Gasteiger partial charge in [-0.1, -0.05) is 0 Å². The molecule has 0 aliphatic rings. The average Bonchev–Trinajstić information content (AvgIpc) is 2.01. The molecule has 0 aromatic carbocycles. The van der Waals surface area contributed by atoms with E-state index in [1.807, 2.05) is 61.7 Å². The van der Waals surface area contributed by atoms with E-state index in [2.05, 4.69) is 0 Å². The summed E-state index contributed by atoms with van der Waals surface area (Å²) in [7, 11) is 8.84. The summed E-state index contributed by atoms with van der Waals surface area (Å²) in [5, 5.41) is 3.76. The molecular formula is C6H18Cl2N4Si. The minimum atomic E-state index is -2.57. The van der Waals surface area contributed by atoms with Crippen LogP contribution in [0, 0.1) is 0 Å². The Balaban J connectivity index is 4.54. The first-order valence-electron chi connectivity index (χ1n) is 3.91. The highest BCUT2D eigenvalue weighted by atomic mass is 35.7. The fourth-order valence-electron chi connectivity index (χ4n) is 0.691. The van der Waals surface area contributed by atoms with Crippen molar-refractivity contribution < 1.29 is 0 Å². The van der Waals surface area contributed by atoms with Gasteiger partial charge >= 0.3 is 7.02 Å². The molecule has 80 valence electrons. The van der Waals surface area contributed by atoms with Gasteiger partial charge in [-0.3, -0.25) is 10.0 Å². The fraction of sp³-hybridized carbons (Fsp3) is 1.00. The summed E-state index contributed by atoms with van der Waals surface area (Å²) in [6, 6.07) is 0. The van der Waals surface area contributed by atoms with Gasteiger partial charge in [0.2, 0.25) is 0 Å². The van der Waals surface area contributed by atoms with Crippen LogP contribution in [0.5, 0.6) is 0 Å². The quantitative estimate of drug-likeness (QED) is 0.411.